The zero-order valence-electron chi connectivity index (χ0n) is 71.6. The Morgan fingerprint density at radius 1 is 0.223 bits per heavy atom. The molecule has 0 radical (unpaired) electrons. The highest BCUT2D eigenvalue weighted by Gasteiger charge is 2.18. The Balaban J connectivity index is 0.903. The lowest BCUT2D eigenvalue weighted by atomic mass is 10.0. The van der Waals surface area contributed by atoms with Crippen LogP contribution in [0, 0.1) is 0 Å². The predicted molar refractivity (Wildman–Crippen MR) is 507 cm³/mol. The summed E-state index contributed by atoms with van der Waals surface area (Å²) in [5.41, 5.74) is 12.5. The normalized spacial score (nSPS) is 11.9. The fourth-order valence-corrected chi connectivity index (χ4v) is 20.5. The number of benzene rings is 4. The van der Waals surface area contributed by atoms with Crippen molar-refractivity contribution in [3.05, 3.63) is 176 Å². The maximum absolute atomic E-state index is 6.83. The Bertz CT molecular complexity index is 3770. The second kappa shape index (κ2) is 58.4. The maximum atomic E-state index is 6.83. The zero-order chi connectivity index (χ0) is 78.4. The van der Waals surface area contributed by atoms with Gasteiger partial charge in [-0.1, -0.05) is 420 Å². The summed E-state index contributed by atoms with van der Waals surface area (Å²) in [7, 11) is 0. The van der Waals surface area contributed by atoms with Gasteiger partial charge in [-0.3, -0.25) is 0 Å². The van der Waals surface area contributed by atoms with Crippen molar-refractivity contribution in [2.45, 2.75) is 375 Å². The summed E-state index contributed by atoms with van der Waals surface area (Å²) < 4.78 is 13.7. The lowest BCUT2D eigenvalue weighted by molar-refractivity contribution is 0.295. The molecule has 4 heterocycles. The second-order valence-electron chi connectivity index (χ2n) is 32.8. The number of hydrogen-bond donors (Lipinski definition) is 0. The molecule has 2 nitrogen and oxygen atoms in total. The van der Waals surface area contributed by atoms with E-state index < -0.39 is 0 Å². The first kappa shape index (κ1) is 92.0. The minimum Gasteiger partial charge on any atom is -0.493 e. The molecule has 612 valence electrons. The van der Waals surface area contributed by atoms with E-state index in [0.29, 0.717) is 13.2 Å². The molecule has 0 saturated carbocycles. The van der Waals surface area contributed by atoms with Crippen molar-refractivity contribution in [2.24, 2.45) is 0 Å². The predicted octanol–water partition coefficient (Wildman–Crippen LogP) is 36.9. The van der Waals surface area contributed by atoms with Gasteiger partial charge in [-0.05, 0) is 157 Å². The summed E-state index contributed by atoms with van der Waals surface area (Å²) in [5, 5.41) is 0. The van der Waals surface area contributed by atoms with Crippen LogP contribution in [0.1, 0.15) is 404 Å². The Morgan fingerprint density at radius 3 is 0.777 bits per heavy atom. The van der Waals surface area contributed by atoms with Crippen LogP contribution in [0.2, 0.25) is 0 Å². The van der Waals surface area contributed by atoms with Gasteiger partial charge in [-0.2, -0.15) is 0 Å². The zero-order valence-corrected chi connectivity index (χ0v) is 74.9. The van der Waals surface area contributed by atoms with Gasteiger partial charge < -0.3 is 9.47 Å². The highest BCUT2D eigenvalue weighted by molar-refractivity contribution is 7.24. The molecular formula is C106H152O2S4. The van der Waals surface area contributed by atoms with E-state index in [4.69, 9.17) is 9.47 Å². The van der Waals surface area contributed by atoms with Gasteiger partial charge in [0.25, 0.3) is 0 Å². The molecule has 0 aliphatic heterocycles. The molecule has 4 aromatic heterocycles. The van der Waals surface area contributed by atoms with Crippen molar-refractivity contribution in [1.82, 2.24) is 0 Å². The number of hydrogen-bond acceptors (Lipinski definition) is 6. The number of ether oxygens (including phenoxy) is 2. The van der Waals surface area contributed by atoms with Gasteiger partial charge in [-0.25, -0.2) is 0 Å². The fourth-order valence-electron chi connectivity index (χ4n) is 15.7. The van der Waals surface area contributed by atoms with E-state index in [9.17, 15) is 0 Å². The molecule has 112 heavy (non-hydrogen) atoms. The molecule has 0 atom stereocenters. The largest absolute Gasteiger partial charge is 0.493 e. The minimum atomic E-state index is 0.697. The van der Waals surface area contributed by atoms with E-state index in [1.54, 1.807) is 9.75 Å². The van der Waals surface area contributed by atoms with E-state index in [1.807, 2.05) is 22.7 Å². The highest BCUT2D eigenvalue weighted by Crippen LogP contribution is 2.45. The van der Waals surface area contributed by atoms with Crippen LogP contribution in [0.5, 0.6) is 11.5 Å². The van der Waals surface area contributed by atoms with Crippen LogP contribution < -0.4 is 9.47 Å². The molecule has 0 aliphatic rings. The average molecular weight is 1590 g/mol. The van der Waals surface area contributed by atoms with Crippen molar-refractivity contribution in [3.63, 3.8) is 0 Å². The van der Waals surface area contributed by atoms with Crippen LogP contribution >= 0.6 is 45.3 Å². The van der Waals surface area contributed by atoms with Crippen LogP contribution in [-0.2, 0) is 25.7 Å². The standard InChI is InChI=1S/C106H152O2S4/c1-7-13-19-25-29-31-33-35-37-39-41-43-45-51-57-97-77-79-101(109-97)105-95(55-49-23-17-11-5)85-103(111-105)91-71-65-89(66-72-91)64-61-87-59-62-88(63-60-87)69-75-93-83-100(108-82-54-48-28-22-16-10-4)94(84-99(93)107-81-53-47-27-21-15-9-3)76-70-90-67-73-92(74-68-90)104-86-96(56-50-24-18-12-6)106(112-104)102-80-78-98(110-102)58-52-46-44-42-40-38-36-34-32-30-26-20-14-8-2/h59-80,83-86H,7-58,81-82H2,1-6H3. The third kappa shape index (κ3) is 36.3. The summed E-state index contributed by atoms with van der Waals surface area (Å²) in [6, 6.07) is 46.8. The molecule has 0 unspecified atom stereocenters. The molecule has 4 aromatic carbocycles. The third-order valence-corrected chi connectivity index (χ3v) is 28.0. The fraction of sp³-hybridized carbons (Fsp3) is 0.566. The van der Waals surface area contributed by atoms with Crippen LogP contribution in [-0.4, -0.2) is 13.2 Å². The maximum Gasteiger partial charge on any atom is 0.127 e. The monoisotopic (exact) mass is 1590 g/mol. The quantitative estimate of drug-likeness (QED) is 0.0279. The summed E-state index contributed by atoms with van der Waals surface area (Å²) in [4.78, 5) is 11.8. The van der Waals surface area contributed by atoms with Gasteiger partial charge >= 0.3 is 0 Å². The summed E-state index contributed by atoms with van der Waals surface area (Å²) in [6.07, 6.45) is 82.7. The smallest absolute Gasteiger partial charge is 0.127 e. The SMILES string of the molecule is CCCCCCCCCCCCCCCCc1ccc(-c2sc(-c3ccc(C=Cc4ccc(C=Cc5cc(OCCCCCCCC)c(C=Cc6ccc(-c7cc(CCCCCC)c(-c8ccc(CCCCCCCCCCCCCCCC)s8)s7)cc6)cc5OCCCCCCCC)cc4)cc3)cc2CCCCCC)s1. The molecule has 0 saturated heterocycles. The summed E-state index contributed by atoms with van der Waals surface area (Å²) in [6.45, 7) is 15.2. The van der Waals surface area contributed by atoms with Gasteiger partial charge in [0.15, 0.2) is 0 Å². The lowest BCUT2D eigenvalue weighted by Crippen LogP contribution is -2.03. The molecular weight excluding hydrogens is 1430 g/mol. The van der Waals surface area contributed by atoms with Crippen LogP contribution in [0.3, 0.4) is 0 Å². The number of aryl methyl sites for hydroxylation is 4. The van der Waals surface area contributed by atoms with E-state index in [-0.39, 0.29) is 0 Å². The van der Waals surface area contributed by atoms with E-state index in [2.05, 4.69) is 222 Å². The number of unbranched alkanes of at least 4 members (excludes halogenated alkanes) is 42. The van der Waals surface area contributed by atoms with Gasteiger partial charge in [0.05, 0.1) is 13.2 Å². The molecule has 8 rings (SSSR count). The molecule has 6 heteroatoms. The van der Waals surface area contributed by atoms with E-state index in [1.165, 1.54) is 376 Å². The average Bonchev–Trinajstić information content (AvgIpc) is 1.30. The molecule has 0 amide bonds. The van der Waals surface area contributed by atoms with Crippen molar-refractivity contribution in [1.29, 1.82) is 0 Å². The summed E-state index contributed by atoms with van der Waals surface area (Å²) in [5.74, 6) is 1.82. The van der Waals surface area contributed by atoms with Gasteiger partial charge in [0.2, 0.25) is 0 Å². The van der Waals surface area contributed by atoms with Gasteiger partial charge in [-0.15, -0.1) is 45.3 Å². The van der Waals surface area contributed by atoms with Crippen molar-refractivity contribution in [2.75, 3.05) is 13.2 Å². The van der Waals surface area contributed by atoms with Crippen molar-refractivity contribution >= 4 is 81.8 Å². The van der Waals surface area contributed by atoms with Crippen LogP contribution in [0.25, 0.3) is 76.8 Å². The minimum absolute atomic E-state index is 0.697. The first-order valence-electron chi connectivity index (χ1n) is 46.6. The van der Waals surface area contributed by atoms with E-state index >= 15 is 0 Å². The van der Waals surface area contributed by atoms with Crippen molar-refractivity contribution in [3.8, 4) is 51.9 Å². The molecule has 0 bridgehead atoms. The lowest BCUT2D eigenvalue weighted by Gasteiger charge is -2.16. The molecule has 8 aromatic rings. The third-order valence-electron chi connectivity index (χ3n) is 22.9. The topological polar surface area (TPSA) is 18.5 Å². The van der Waals surface area contributed by atoms with Crippen molar-refractivity contribution < 1.29 is 9.47 Å². The van der Waals surface area contributed by atoms with E-state index in [0.717, 1.165) is 53.9 Å². The molecule has 0 fully saturated rings. The van der Waals surface area contributed by atoms with Gasteiger partial charge in [0, 0.05) is 50.1 Å². The Labute approximate surface area is 702 Å². The first-order chi connectivity index (χ1) is 55.4. The summed E-state index contributed by atoms with van der Waals surface area (Å²) >= 11 is 8.11. The Morgan fingerprint density at radius 2 is 0.473 bits per heavy atom. The molecule has 0 N–H and O–H groups in total. The highest BCUT2D eigenvalue weighted by atomic mass is 32.1. The number of thiophene rings is 4. The van der Waals surface area contributed by atoms with Gasteiger partial charge in [0.1, 0.15) is 11.5 Å². The van der Waals surface area contributed by atoms with Crippen LogP contribution in [0.15, 0.2) is 121 Å². The second-order valence-corrected chi connectivity index (χ2v) is 37.3. The first-order valence-corrected chi connectivity index (χ1v) is 49.9. The van der Waals surface area contributed by atoms with Crippen LogP contribution in [0.4, 0.5) is 0 Å². The molecule has 0 aliphatic carbocycles. The Kier molecular flexibility index (Phi) is 47.9. The molecule has 0 spiro atoms. The Hall–Kier alpha value is -5.50. The number of rotatable bonds is 66.